The zero-order valence-corrected chi connectivity index (χ0v) is 12.2. The van der Waals surface area contributed by atoms with Gasteiger partial charge in [0.2, 0.25) is 0 Å². The Balaban J connectivity index is 1.95. The molecular weight excluding hydrogens is 254 g/mol. The van der Waals surface area contributed by atoms with Crippen molar-refractivity contribution in [3.8, 4) is 5.75 Å². The molecule has 2 heterocycles. The first-order valence-electron chi connectivity index (χ1n) is 6.82. The molecule has 1 aliphatic rings. The minimum absolute atomic E-state index is 0.292. The minimum Gasteiger partial charge on any atom is -0.493 e. The van der Waals surface area contributed by atoms with Gasteiger partial charge in [0.15, 0.2) is 0 Å². The van der Waals surface area contributed by atoms with E-state index >= 15 is 0 Å². The fraction of sp³-hybridized carbons (Fsp3) is 0.375. The maximum atomic E-state index is 5.58. The summed E-state index contributed by atoms with van der Waals surface area (Å²) in [6.07, 6.45) is 1.03. The second kappa shape index (κ2) is 5.35. The molecule has 1 aliphatic heterocycles. The minimum atomic E-state index is 0.292. The summed E-state index contributed by atoms with van der Waals surface area (Å²) in [7, 11) is 0. The van der Waals surface area contributed by atoms with Crippen LogP contribution in [0.1, 0.15) is 34.5 Å². The van der Waals surface area contributed by atoms with Crippen LogP contribution in [0.3, 0.4) is 0 Å². The molecular formula is C16H19NOS. The van der Waals surface area contributed by atoms with Crippen LogP contribution in [0.25, 0.3) is 0 Å². The first-order chi connectivity index (χ1) is 9.28. The highest BCUT2D eigenvalue weighted by Crippen LogP contribution is 2.32. The van der Waals surface area contributed by atoms with Gasteiger partial charge >= 0.3 is 0 Å². The Hall–Kier alpha value is -1.32. The summed E-state index contributed by atoms with van der Waals surface area (Å²) in [6, 6.07) is 9.16. The van der Waals surface area contributed by atoms with E-state index in [9.17, 15) is 0 Å². The van der Waals surface area contributed by atoms with Crippen molar-refractivity contribution in [2.75, 3.05) is 13.2 Å². The standard InChI is InChI=1S/C16H19NOS/c1-3-17-16(14-8-11(2)19-10-14)13-4-5-15-12(9-13)6-7-18-15/h4-5,8-10,16-17H,3,6-7H2,1-2H3. The molecule has 1 unspecified atom stereocenters. The van der Waals surface area contributed by atoms with E-state index in [1.165, 1.54) is 21.6 Å². The third-order valence-corrected chi connectivity index (χ3v) is 4.42. The van der Waals surface area contributed by atoms with Crippen LogP contribution in [-0.4, -0.2) is 13.2 Å². The Bertz CT molecular complexity index is 576. The van der Waals surface area contributed by atoms with Crippen molar-refractivity contribution in [1.82, 2.24) is 5.32 Å². The molecule has 0 aliphatic carbocycles. The lowest BCUT2D eigenvalue weighted by molar-refractivity contribution is 0.357. The van der Waals surface area contributed by atoms with Crippen LogP contribution in [0, 0.1) is 6.92 Å². The number of rotatable bonds is 4. The van der Waals surface area contributed by atoms with Gasteiger partial charge in [-0.15, -0.1) is 11.3 Å². The van der Waals surface area contributed by atoms with E-state index in [0.717, 1.165) is 25.3 Å². The van der Waals surface area contributed by atoms with Gasteiger partial charge in [-0.05, 0) is 47.7 Å². The normalized spacial score (nSPS) is 15.1. The molecule has 0 saturated carbocycles. The average Bonchev–Trinajstić information content (AvgIpc) is 3.03. The van der Waals surface area contributed by atoms with Crippen molar-refractivity contribution in [2.24, 2.45) is 0 Å². The van der Waals surface area contributed by atoms with Crippen LogP contribution in [0.2, 0.25) is 0 Å². The van der Waals surface area contributed by atoms with Crippen LogP contribution in [0.4, 0.5) is 0 Å². The molecule has 1 aromatic heterocycles. The highest BCUT2D eigenvalue weighted by molar-refractivity contribution is 7.10. The molecule has 0 fully saturated rings. The molecule has 100 valence electrons. The molecule has 0 bridgehead atoms. The monoisotopic (exact) mass is 273 g/mol. The number of nitrogens with one attached hydrogen (secondary N) is 1. The summed E-state index contributed by atoms with van der Waals surface area (Å²) in [6.45, 7) is 6.10. The number of hydrogen-bond acceptors (Lipinski definition) is 3. The zero-order chi connectivity index (χ0) is 13.2. The molecule has 0 saturated heterocycles. The molecule has 0 radical (unpaired) electrons. The van der Waals surface area contributed by atoms with Gasteiger partial charge in [0.25, 0.3) is 0 Å². The van der Waals surface area contributed by atoms with Crippen LogP contribution in [-0.2, 0) is 6.42 Å². The van der Waals surface area contributed by atoms with Crippen LogP contribution in [0.15, 0.2) is 29.6 Å². The summed E-state index contributed by atoms with van der Waals surface area (Å²) in [5, 5.41) is 5.84. The number of fused-ring (bicyclic) bond motifs is 1. The SMILES string of the molecule is CCNC(c1csc(C)c1)c1ccc2c(c1)CCO2. The largest absolute Gasteiger partial charge is 0.493 e. The van der Waals surface area contributed by atoms with E-state index in [1.807, 2.05) is 11.3 Å². The molecule has 2 aromatic rings. The number of hydrogen-bond donors (Lipinski definition) is 1. The van der Waals surface area contributed by atoms with E-state index in [1.54, 1.807) is 0 Å². The van der Waals surface area contributed by atoms with E-state index in [2.05, 4.69) is 48.8 Å². The van der Waals surface area contributed by atoms with E-state index < -0.39 is 0 Å². The smallest absolute Gasteiger partial charge is 0.122 e. The second-order valence-electron chi connectivity index (χ2n) is 4.95. The predicted octanol–water partition coefficient (Wildman–Crippen LogP) is 3.69. The maximum Gasteiger partial charge on any atom is 0.122 e. The fourth-order valence-corrected chi connectivity index (χ4v) is 3.36. The lowest BCUT2D eigenvalue weighted by Crippen LogP contribution is -2.21. The van der Waals surface area contributed by atoms with E-state index in [4.69, 9.17) is 4.74 Å². The second-order valence-corrected chi connectivity index (χ2v) is 6.06. The third kappa shape index (κ3) is 2.53. The van der Waals surface area contributed by atoms with E-state index in [-0.39, 0.29) is 0 Å². The van der Waals surface area contributed by atoms with Crippen LogP contribution < -0.4 is 10.1 Å². The Labute approximate surface area is 118 Å². The summed E-state index contributed by atoms with van der Waals surface area (Å²) in [5.74, 6) is 1.06. The van der Waals surface area contributed by atoms with Gasteiger partial charge in [-0.2, -0.15) is 0 Å². The molecule has 3 heteroatoms. The van der Waals surface area contributed by atoms with E-state index in [0.29, 0.717) is 6.04 Å². The highest BCUT2D eigenvalue weighted by atomic mass is 32.1. The Morgan fingerprint density at radius 2 is 2.21 bits per heavy atom. The number of benzene rings is 1. The van der Waals surface area contributed by atoms with Crippen molar-refractivity contribution >= 4 is 11.3 Å². The first-order valence-corrected chi connectivity index (χ1v) is 7.70. The lowest BCUT2D eigenvalue weighted by Gasteiger charge is -2.18. The van der Waals surface area contributed by atoms with Gasteiger partial charge in [0, 0.05) is 11.3 Å². The van der Waals surface area contributed by atoms with Crippen LogP contribution in [0.5, 0.6) is 5.75 Å². The molecule has 3 rings (SSSR count). The summed E-state index contributed by atoms with van der Waals surface area (Å²) in [4.78, 5) is 1.36. The Morgan fingerprint density at radius 3 is 2.95 bits per heavy atom. The van der Waals surface area contributed by atoms with Gasteiger partial charge < -0.3 is 10.1 Å². The quantitative estimate of drug-likeness (QED) is 0.917. The summed E-state index contributed by atoms with van der Waals surface area (Å²) in [5.41, 5.74) is 4.04. The molecule has 1 atom stereocenters. The average molecular weight is 273 g/mol. The zero-order valence-electron chi connectivity index (χ0n) is 11.4. The van der Waals surface area contributed by atoms with Crippen molar-refractivity contribution in [1.29, 1.82) is 0 Å². The summed E-state index contributed by atoms with van der Waals surface area (Å²) < 4.78 is 5.58. The number of aryl methyl sites for hydroxylation is 1. The molecule has 19 heavy (non-hydrogen) atoms. The predicted molar refractivity (Wildman–Crippen MR) is 80.2 cm³/mol. The van der Waals surface area contributed by atoms with Gasteiger partial charge in [0.05, 0.1) is 12.6 Å². The molecule has 2 nitrogen and oxygen atoms in total. The number of ether oxygens (including phenoxy) is 1. The topological polar surface area (TPSA) is 21.3 Å². The molecule has 1 N–H and O–H groups in total. The molecule has 0 amide bonds. The molecule has 1 aromatic carbocycles. The van der Waals surface area contributed by atoms with Crippen molar-refractivity contribution in [3.63, 3.8) is 0 Å². The Morgan fingerprint density at radius 1 is 1.32 bits per heavy atom. The fourth-order valence-electron chi connectivity index (χ4n) is 2.63. The van der Waals surface area contributed by atoms with Gasteiger partial charge in [-0.1, -0.05) is 19.1 Å². The summed E-state index contributed by atoms with van der Waals surface area (Å²) >= 11 is 1.81. The lowest BCUT2D eigenvalue weighted by atomic mass is 9.98. The van der Waals surface area contributed by atoms with Crippen molar-refractivity contribution < 1.29 is 4.74 Å². The maximum absolute atomic E-state index is 5.58. The van der Waals surface area contributed by atoms with Crippen molar-refractivity contribution in [3.05, 3.63) is 51.2 Å². The Kier molecular flexibility index (Phi) is 3.58. The van der Waals surface area contributed by atoms with Crippen molar-refractivity contribution in [2.45, 2.75) is 26.3 Å². The van der Waals surface area contributed by atoms with Crippen LogP contribution >= 0.6 is 11.3 Å². The van der Waals surface area contributed by atoms with Gasteiger partial charge in [0.1, 0.15) is 5.75 Å². The third-order valence-electron chi connectivity index (χ3n) is 3.54. The highest BCUT2D eigenvalue weighted by Gasteiger charge is 2.18. The first kappa shape index (κ1) is 12.7. The number of thiophene rings is 1. The van der Waals surface area contributed by atoms with Gasteiger partial charge in [-0.3, -0.25) is 0 Å². The van der Waals surface area contributed by atoms with Gasteiger partial charge in [-0.25, -0.2) is 0 Å². The molecule has 0 spiro atoms.